The Morgan fingerprint density at radius 1 is 1.07 bits per heavy atom. The molecule has 0 saturated carbocycles. The Morgan fingerprint density at radius 3 is 2.26 bits per heavy atom. The van der Waals surface area contributed by atoms with Crippen molar-refractivity contribution in [1.29, 1.82) is 0 Å². The second-order valence-electron chi connectivity index (χ2n) is 6.20. The summed E-state index contributed by atoms with van der Waals surface area (Å²) in [6.45, 7) is 3.36. The number of nitrogens with zero attached hydrogens (tertiary/aromatic N) is 2. The highest BCUT2D eigenvalue weighted by Crippen LogP contribution is 2.30. The lowest BCUT2D eigenvalue weighted by atomic mass is 10.0. The van der Waals surface area contributed by atoms with E-state index in [4.69, 9.17) is 0 Å². The Balaban J connectivity index is 1.92. The van der Waals surface area contributed by atoms with Crippen LogP contribution in [0.3, 0.4) is 0 Å². The Morgan fingerprint density at radius 2 is 1.70 bits per heavy atom. The maximum atomic E-state index is 13.3. The standard InChI is InChI=1S/C21H21N3O2S/c1-15-14-27-21(22-15)24(18-11-7-4-8-12-18)20(26)13-19(23-16(2)25)17-9-5-3-6-10-17/h3-12,14,19H,13H2,1-2H3,(H,23,25). The van der Waals surface area contributed by atoms with Gasteiger partial charge in [0.15, 0.2) is 5.13 Å². The first-order chi connectivity index (χ1) is 13.0. The largest absolute Gasteiger partial charge is 0.349 e. The molecule has 1 unspecified atom stereocenters. The normalized spacial score (nSPS) is 11.6. The first-order valence-electron chi connectivity index (χ1n) is 8.67. The lowest BCUT2D eigenvalue weighted by Crippen LogP contribution is -2.33. The minimum Gasteiger partial charge on any atom is -0.349 e. The van der Waals surface area contributed by atoms with Gasteiger partial charge in [0.2, 0.25) is 11.8 Å². The van der Waals surface area contributed by atoms with Crippen LogP contribution in [0.25, 0.3) is 0 Å². The molecule has 27 heavy (non-hydrogen) atoms. The number of amides is 2. The smallest absolute Gasteiger partial charge is 0.235 e. The number of hydrogen-bond acceptors (Lipinski definition) is 4. The molecule has 0 aliphatic carbocycles. The number of aryl methyl sites for hydroxylation is 1. The third kappa shape index (κ3) is 4.80. The van der Waals surface area contributed by atoms with Crippen LogP contribution >= 0.6 is 11.3 Å². The molecule has 0 aliphatic rings. The highest BCUT2D eigenvalue weighted by molar-refractivity contribution is 7.14. The SMILES string of the molecule is CC(=O)NC(CC(=O)N(c1ccccc1)c1nc(C)cs1)c1ccccc1. The highest BCUT2D eigenvalue weighted by atomic mass is 32.1. The van der Waals surface area contributed by atoms with Crippen molar-refractivity contribution in [3.63, 3.8) is 0 Å². The van der Waals surface area contributed by atoms with E-state index in [-0.39, 0.29) is 18.2 Å². The summed E-state index contributed by atoms with van der Waals surface area (Å²) in [5, 5.41) is 5.43. The van der Waals surface area contributed by atoms with Crippen LogP contribution in [0.2, 0.25) is 0 Å². The van der Waals surface area contributed by atoms with Crippen molar-refractivity contribution in [2.75, 3.05) is 4.90 Å². The molecule has 3 aromatic rings. The molecule has 0 spiro atoms. The molecule has 0 saturated heterocycles. The van der Waals surface area contributed by atoms with Gasteiger partial charge in [-0.25, -0.2) is 4.98 Å². The fourth-order valence-electron chi connectivity index (χ4n) is 2.83. The third-order valence-electron chi connectivity index (χ3n) is 4.02. The van der Waals surface area contributed by atoms with Crippen LogP contribution in [-0.4, -0.2) is 16.8 Å². The minimum atomic E-state index is -0.400. The second-order valence-corrected chi connectivity index (χ2v) is 7.04. The third-order valence-corrected chi connectivity index (χ3v) is 4.96. The molecule has 3 rings (SSSR count). The first kappa shape index (κ1) is 18.8. The topological polar surface area (TPSA) is 62.3 Å². The van der Waals surface area contributed by atoms with Crippen molar-refractivity contribution >= 4 is 34.0 Å². The van der Waals surface area contributed by atoms with E-state index in [0.29, 0.717) is 5.13 Å². The molecular weight excluding hydrogens is 358 g/mol. The molecule has 1 atom stereocenters. The number of thiazole rings is 1. The van der Waals surface area contributed by atoms with Gasteiger partial charge in [-0.05, 0) is 24.6 Å². The van der Waals surface area contributed by atoms with Crippen molar-refractivity contribution < 1.29 is 9.59 Å². The van der Waals surface area contributed by atoms with Crippen LogP contribution in [0, 0.1) is 6.92 Å². The van der Waals surface area contributed by atoms with Gasteiger partial charge >= 0.3 is 0 Å². The number of benzene rings is 2. The number of carbonyl (C=O) groups excluding carboxylic acids is 2. The van der Waals surface area contributed by atoms with E-state index in [9.17, 15) is 9.59 Å². The van der Waals surface area contributed by atoms with Gasteiger partial charge in [0.05, 0.1) is 23.8 Å². The maximum absolute atomic E-state index is 13.3. The Hall–Kier alpha value is -2.99. The number of para-hydroxylation sites is 1. The maximum Gasteiger partial charge on any atom is 0.235 e. The summed E-state index contributed by atoms with van der Waals surface area (Å²) in [4.78, 5) is 31.0. The molecule has 1 heterocycles. The van der Waals surface area contributed by atoms with Crippen LogP contribution in [0.1, 0.15) is 30.6 Å². The Kier molecular flexibility index (Phi) is 5.98. The minimum absolute atomic E-state index is 0.127. The molecule has 138 valence electrons. The fraction of sp³-hybridized carbons (Fsp3) is 0.190. The number of aromatic nitrogens is 1. The van der Waals surface area contributed by atoms with Crippen LogP contribution in [0.15, 0.2) is 66.0 Å². The Labute approximate surface area is 162 Å². The molecule has 0 bridgehead atoms. The zero-order chi connectivity index (χ0) is 19.2. The van der Waals surface area contributed by atoms with Gasteiger partial charge in [0, 0.05) is 12.3 Å². The number of anilines is 2. The summed E-state index contributed by atoms with van der Waals surface area (Å²) in [5.41, 5.74) is 2.51. The van der Waals surface area contributed by atoms with Crippen molar-refractivity contribution in [2.24, 2.45) is 0 Å². The van der Waals surface area contributed by atoms with E-state index in [2.05, 4.69) is 10.3 Å². The summed E-state index contributed by atoms with van der Waals surface area (Å²) in [7, 11) is 0. The molecule has 0 fully saturated rings. The fourth-order valence-corrected chi connectivity index (χ4v) is 3.67. The van der Waals surface area contributed by atoms with Gasteiger partial charge in [-0.2, -0.15) is 0 Å². The summed E-state index contributed by atoms with van der Waals surface area (Å²) in [6.07, 6.45) is 0.136. The van der Waals surface area contributed by atoms with Gasteiger partial charge in [-0.15, -0.1) is 11.3 Å². The van der Waals surface area contributed by atoms with Crippen LogP contribution < -0.4 is 10.2 Å². The second kappa shape index (κ2) is 8.60. The van der Waals surface area contributed by atoms with Crippen molar-refractivity contribution in [3.05, 3.63) is 77.3 Å². The monoisotopic (exact) mass is 379 g/mol. The molecule has 0 aliphatic heterocycles. The predicted octanol–water partition coefficient (Wildman–Crippen LogP) is 4.38. The van der Waals surface area contributed by atoms with E-state index in [0.717, 1.165) is 16.9 Å². The van der Waals surface area contributed by atoms with Crippen molar-refractivity contribution in [3.8, 4) is 0 Å². The van der Waals surface area contributed by atoms with E-state index in [1.807, 2.05) is 73.0 Å². The van der Waals surface area contributed by atoms with E-state index >= 15 is 0 Å². The van der Waals surface area contributed by atoms with Gasteiger partial charge in [-0.3, -0.25) is 14.5 Å². The molecule has 1 aromatic heterocycles. The lowest BCUT2D eigenvalue weighted by molar-refractivity contribution is -0.121. The number of carbonyl (C=O) groups is 2. The summed E-state index contributed by atoms with van der Waals surface area (Å²) >= 11 is 1.42. The quantitative estimate of drug-likeness (QED) is 0.691. The van der Waals surface area contributed by atoms with E-state index in [1.54, 1.807) is 4.90 Å². The predicted molar refractivity (Wildman–Crippen MR) is 108 cm³/mol. The molecule has 0 radical (unpaired) electrons. The van der Waals surface area contributed by atoms with Gasteiger partial charge in [-0.1, -0.05) is 48.5 Å². The van der Waals surface area contributed by atoms with Crippen molar-refractivity contribution in [1.82, 2.24) is 10.3 Å². The lowest BCUT2D eigenvalue weighted by Gasteiger charge is -2.24. The number of rotatable bonds is 6. The summed E-state index contributed by atoms with van der Waals surface area (Å²) < 4.78 is 0. The van der Waals surface area contributed by atoms with Crippen LogP contribution in [-0.2, 0) is 9.59 Å². The molecule has 2 amide bonds. The number of hydrogen-bond donors (Lipinski definition) is 1. The summed E-state index contributed by atoms with van der Waals surface area (Å²) in [5.74, 6) is -0.300. The van der Waals surface area contributed by atoms with Gasteiger partial charge in [0.25, 0.3) is 0 Å². The summed E-state index contributed by atoms with van der Waals surface area (Å²) in [6, 6.07) is 18.6. The first-order valence-corrected chi connectivity index (χ1v) is 9.54. The molecule has 6 heteroatoms. The highest BCUT2D eigenvalue weighted by Gasteiger charge is 2.25. The molecular formula is C21H21N3O2S. The average Bonchev–Trinajstić information content (AvgIpc) is 3.08. The molecule has 2 aromatic carbocycles. The van der Waals surface area contributed by atoms with Gasteiger partial charge in [0.1, 0.15) is 0 Å². The van der Waals surface area contributed by atoms with Crippen LogP contribution in [0.4, 0.5) is 10.8 Å². The molecule has 1 N–H and O–H groups in total. The number of nitrogens with one attached hydrogen (secondary N) is 1. The zero-order valence-corrected chi connectivity index (χ0v) is 16.1. The zero-order valence-electron chi connectivity index (χ0n) is 15.3. The Bertz CT molecular complexity index is 909. The average molecular weight is 379 g/mol. The van der Waals surface area contributed by atoms with E-state index in [1.165, 1.54) is 18.3 Å². The van der Waals surface area contributed by atoms with Crippen LogP contribution in [0.5, 0.6) is 0 Å². The van der Waals surface area contributed by atoms with E-state index < -0.39 is 6.04 Å². The molecule has 5 nitrogen and oxygen atoms in total. The van der Waals surface area contributed by atoms with Crippen molar-refractivity contribution in [2.45, 2.75) is 26.3 Å². The van der Waals surface area contributed by atoms with Gasteiger partial charge < -0.3 is 5.32 Å².